The lowest BCUT2D eigenvalue weighted by Gasteiger charge is -2.20. The first kappa shape index (κ1) is 14.7. The van der Waals surface area contributed by atoms with E-state index in [1.165, 1.54) is 32.8 Å². The van der Waals surface area contributed by atoms with Crippen LogP contribution in [-0.4, -0.2) is 25.2 Å². The Bertz CT molecular complexity index is 466. The molecule has 0 spiro atoms. The quantitative estimate of drug-likeness (QED) is 0.806. The van der Waals surface area contributed by atoms with Gasteiger partial charge in [0.15, 0.2) is 0 Å². The van der Waals surface area contributed by atoms with Gasteiger partial charge in [-0.25, -0.2) is 4.79 Å². The van der Waals surface area contributed by atoms with Gasteiger partial charge in [-0.2, -0.15) is 0 Å². The van der Waals surface area contributed by atoms with Gasteiger partial charge >= 0.3 is 5.97 Å². The molecule has 1 fully saturated rings. The monoisotopic (exact) mass is 276 g/mol. The molecule has 0 unspecified atom stereocenters. The summed E-state index contributed by atoms with van der Waals surface area (Å²) < 4.78 is 4.78. The van der Waals surface area contributed by atoms with Crippen LogP contribution in [0.3, 0.4) is 0 Å². The number of hydrogen-bond acceptors (Lipinski definition) is 4. The molecule has 0 aliphatic heterocycles. The standard InChI is InChI=1S/C16H24N2O2/c1-11(2)17-15-10-12(16(19)20-3)8-9-14(15)18-13-6-4-5-7-13/h8-11,13,17-18H,4-7H2,1-3H3. The van der Waals surface area contributed by atoms with Crippen LogP contribution in [0.1, 0.15) is 49.9 Å². The topological polar surface area (TPSA) is 50.4 Å². The minimum Gasteiger partial charge on any atom is -0.465 e. The zero-order valence-corrected chi connectivity index (χ0v) is 12.5. The largest absolute Gasteiger partial charge is 0.465 e. The van der Waals surface area contributed by atoms with Crippen LogP contribution in [0.5, 0.6) is 0 Å². The van der Waals surface area contributed by atoms with Crippen molar-refractivity contribution in [2.45, 2.75) is 51.6 Å². The molecular weight excluding hydrogens is 252 g/mol. The van der Waals surface area contributed by atoms with Gasteiger partial charge < -0.3 is 15.4 Å². The van der Waals surface area contributed by atoms with Crippen LogP contribution >= 0.6 is 0 Å². The molecule has 4 nitrogen and oxygen atoms in total. The average molecular weight is 276 g/mol. The summed E-state index contributed by atoms with van der Waals surface area (Å²) in [7, 11) is 1.41. The number of ether oxygens (including phenoxy) is 1. The van der Waals surface area contributed by atoms with E-state index in [9.17, 15) is 4.79 Å². The van der Waals surface area contributed by atoms with E-state index in [0.29, 0.717) is 17.6 Å². The van der Waals surface area contributed by atoms with E-state index in [1.807, 2.05) is 18.2 Å². The smallest absolute Gasteiger partial charge is 0.337 e. The molecule has 0 heterocycles. The molecule has 1 aromatic rings. The number of anilines is 2. The number of carbonyl (C=O) groups is 1. The zero-order chi connectivity index (χ0) is 14.5. The number of hydrogen-bond donors (Lipinski definition) is 2. The summed E-state index contributed by atoms with van der Waals surface area (Å²) in [6, 6.07) is 6.51. The summed E-state index contributed by atoms with van der Waals surface area (Å²) in [6.07, 6.45) is 5.04. The van der Waals surface area contributed by atoms with E-state index in [4.69, 9.17) is 4.74 Å². The Morgan fingerprint density at radius 1 is 1.25 bits per heavy atom. The average Bonchev–Trinajstić information content (AvgIpc) is 2.92. The minimum absolute atomic E-state index is 0.302. The molecule has 1 aliphatic rings. The normalized spacial score (nSPS) is 15.4. The lowest BCUT2D eigenvalue weighted by atomic mass is 10.1. The Labute approximate surface area is 120 Å². The third kappa shape index (κ3) is 3.65. The van der Waals surface area contributed by atoms with Gasteiger partial charge in [-0.3, -0.25) is 0 Å². The molecule has 1 aromatic carbocycles. The molecule has 1 aliphatic carbocycles. The SMILES string of the molecule is COC(=O)c1ccc(NC2CCCC2)c(NC(C)C)c1. The third-order valence-electron chi connectivity index (χ3n) is 3.60. The highest BCUT2D eigenvalue weighted by Gasteiger charge is 2.17. The van der Waals surface area contributed by atoms with E-state index < -0.39 is 0 Å². The summed E-state index contributed by atoms with van der Waals surface area (Å²) in [4.78, 5) is 11.6. The Hall–Kier alpha value is -1.71. The predicted octanol–water partition coefficient (Wildman–Crippen LogP) is 3.65. The second-order valence-corrected chi connectivity index (χ2v) is 5.68. The highest BCUT2D eigenvalue weighted by molar-refractivity contribution is 5.92. The van der Waals surface area contributed by atoms with Gasteiger partial charge in [-0.05, 0) is 44.9 Å². The molecule has 0 radical (unpaired) electrons. The minimum atomic E-state index is -0.302. The number of benzene rings is 1. The third-order valence-corrected chi connectivity index (χ3v) is 3.60. The molecule has 2 N–H and O–H groups in total. The van der Waals surface area contributed by atoms with Gasteiger partial charge in [0.1, 0.15) is 0 Å². The Morgan fingerprint density at radius 3 is 2.55 bits per heavy atom. The maximum Gasteiger partial charge on any atom is 0.337 e. The van der Waals surface area contributed by atoms with E-state index >= 15 is 0 Å². The number of esters is 1. The predicted molar refractivity (Wildman–Crippen MR) is 82.4 cm³/mol. The molecule has 0 bridgehead atoms. The highest BCUT2D eigenvalue weighted by atomic mass is 16.5. The van der Waals surface area contributed by atoms with Crippen LogP contribution in [-0.2, 0) is 4.74 Å². The van der Waals surface area contributed by atoms with Gasteiger partial charge in [0.05, 0.1) is 24.0 Å². The van der Waals surface area contributed by atoms with Gasteiger partial charge in [0.2, 0.25) is 0 Å². The van der Waals surface area contributed by atoms with Gasteiger partial charge in [0.25, 0.3) is 0 Å². The molecule has 0 atom stereocenters. The summed E-state index contributed by atoms with van der Waals surface area (Å²) in [5.41, 5.74) is 2.61. The number of methoxy groups -OCH3 is 1. The summed E-state index contributed by atoms with van der Waals surface area (Å²) >= 11 is 0. The van der Waals surface area contributed by atoms with Gasteiger partial charge in [0, 0.05) is 12.1 Å². The highest BCUT2D eigenvalue weighted by Crippen LogP contribution is 2.29. The van der Waals surface area contributed by atoms with Crippen molar-refractivity contribution < 1.29 is 9.53 Å². The van der Waals surface area contributed by atoms with Crippen molar-refractivity contribution in [1.82, 2.24) is 0 Å². The first-order valence-electron chi connectivity index (χ1n) is 7.35. The van der Waals surface area contributed by atoms with Crippen molar-refractivity contribution in [2.24, 2.45) is 0 Å². The van der Waals surface area contributed by atoms with Crippen molar-refractivity contribution in [3.8, 4) is 0 Å². The van der Waals surface area contributed by atoms with Crippen LogP contribution in [0.4, 0.5) is 11.4 Å². The number of rotatable bonds is 5. The molecular formula is C16H24N2O2. The fourth-order valence-corrected chi connectivity index (χ4v) is 2.64. The second-order valence-electron chi connectivity index (χ2n) is 5.68. The summed E-state index contributed by atoms with van der Waals surface area (Å²) in [6.45, 7) is 4.17. The fourth-order valence-electron chi connectivity index (χ4n) is 2.64. The molecule has 0 aromatic heterocycles. The maximum atomic E-state index is 11.6. The Kier molecular flexibility index (Phi) is 4.88. The lowest BCUT2D eigenvalue weighted by molar-refractivity contribution is 0.0601. The van der Waals surface area contributed by atoms with Crippen molar-refractivity contribution >= 4 is 17.3 Å². The van der Waals surface area contributed by atoms with Crippen LogP contribution in [0.25, 0.3) is 0 Å². The van der Waals surface area contributed by atoms with E-state index in [2.05, 4.69) is 24.5 Å². The van der Waals surface area contributed by atoms with Gasteiger partial charge in [-0.1, -0.05) is 12.8 Å². The van der Waals surface area contributed by atoms with Crippen molar-refractivity contribution in [2.75, 3.05) is 17.7 Å². The van der Waals surface area contributed by atoms with Gasteiger partial charge in [-0.15, -0.1) is 0 Å². The lowest BCUT2D eigenvalue weighted by Crippen LogP contribution is -2.18. The molecule has 20 heavy (non-hydrogen) atoms. The summed E-state index contributed by atoms with van der Waals surface area (Å²) in [5.74, 6) is -0.302. The Morgan fingerprint density at radius 2 is 1.95 bits per heavy atom. The number of carbonyl (C=O) groups excluding carboxylic acids is 1. The fraction of sp³-hybridized carbons (Fsp3) is 0.562. The molecule has 110 valence electrons. The van der Waals surface area contributed by atoms with Crippen molar-refractivity contribution in [1.29, 1.82) is 0 Å². The summed E-state index contributed by atoms with van der Waals surface area (Å²) in [5, 5.41) is 6.98. The Balaban J connectivity index is 2.21. The molecule has 0 amide bonds. The van der Waals surface area contributed by atoms with Crippen LogP contribution in [0.2, 0.25) is 0 Å². The number of nitrogens with one attached hydrogen (secondary N) is 2. The van der Waals surface area contributed by atoms with Crippen molar-refractivity contribution in [3.05, 3.63) is 23.8 Å². The molecule has 0 saturated heterocycles. The van der Waals surface area contributed by atoms with Crippen LogP contribution in [0, 0.1) is 0 Å². The molecule has 2 rings (SSSR count). The first-order chi connectivity index (χ1) is 9.60. The second kappa shape index (κ2) is 6.64. The van der Waals surface area contributed by atoms with Crippen molar-refractivity contribution in [3.63, 3.8) is 0 Å². The van der Waals surface area contributed by atoms with E-state index in [0.717, 1.165) is 11.4 Å². The van der Waals surface area contributed by atoms with E-state index in [1.54, 1.807) is 0 Å². The first-order valence-corrected chi connectivity index (χ1v) is 7.35. The maximum absolute atomic E-state index is 11.6. The van der Waals surface area contributed by atoms with Crippen LogP contribution in [0.15, 0.2) is 18.2 Å². The van der Waals surface area contributed by atoms with E-state index in [-0.39, 0.29) is 5.97 Å². The molecule has 1 saturated carbocycles. The zero-order valence-electron chi connectivity index (χ0n) is 12.5. The van der Waals surface area contributed by atoms with Crippen LogP contribution < -0.4 is 10.6 Å². The molecule has 4 heteroatoms.